The lowest BCUT2D eigenvalue weighted by molar-refractivity contribution is 0.0102. The van der Waals surface area contributed by atoms with Gasteiger partial charge in [-0.1, -0.05) is 69.2 Å². The summed E-state index contributed by atoms with van der Waals surface area (Å²) in [6.45, 7) is 32.1. The van der Waals surface area contributed by atoms with Crippen LogP contribution in [0.2, 0.25) is 12.1 Å². The van der Waals surface area contributed by atoms with Crippen molar-refractivity contribution >= 4 is 30.3 Å². The molecule has 0 aromatic heterocycles. The molecule has 270 valence electrons. The second kappa shape index (κ2) is 25.4. The summed E-state index contributed by atoms with van der Waals surface area (Å²) in [5.41, 5.74) is 0. The summed E-state index contributed by atoms with van der Waals surface area (Å²) in [5, 5.41) is 0. The molecule has 0 aliphatic heterocycles. The predicted molar refractivity (Wildman–Crippen MR) is 201 cm³/mol. The van der Waals surface area contributed by atoms with E-state index in [1.54, 1.807) is 0 Å². The van der Waals surface area contributed by atoms with Crippen LogP contribution in [0.25, 0.3) is 0 Å². The number of nitrogens with zero attached hydrogens (tertiary/aromatic N) is 4. The number of rotatable bonds is 30. The van der Waals surface area contributed by atoms with Gasteiger partial charge >= 0.3 is 18.6 Å². The zero-order chi connectivity index (χ0) is 34.5. The van der Waals surface area contributed by atoms with Crippen molar-refractivity contribution in [1.29, 1.82) is 0 Å². The van der Waals surface area contributed by atoms with Crippen LogP contribution in [0.3, 0.4) is 0 Å². The third-order valence-electron chi connectivity index (χ3n) is 10.0. The average Bonchev–Trinajstić information content (AvgIpc) is 3.08. The minimum atomic E-state index is -1.25. The Bertz CT molecular complexity index is 617. The van der Waals surface area contributed by atoms with Gasteiger partial charge in [0.2, 0.25) is 0 Å². The van der Waals surface area contributed by atoms with Crippen LogP contribution in [-0.4, -0.2) is 141 Å². The van der Waals surface area contributed by atoms with Crippen LogP contribution in [0.1, 0.15) is 108 Å². The fourth-order valence-electron chi connectivity index (χ4n) is 7.44. The van der Waals surface area contributed by atoms with E-state index in [4.69, 9.17) is 17.7 Å². The fourth-order valence-corrected chi connectivity index (χ4v) is 11.9. The highest BCUT2D eigenvalue weighted by Crippen LogP contribution is 2.53. The highest BCUT2D eigenvalue weighted by molar-refractivity contribution is 8.02. The van der Waals surface area contributed by atoms with Crippen molar-refractivity contribution in [2.24, 2.45) is 0 Å². The van der Waals surface area contributed by atoms with E-state index in [1.807, 2.05) is 28.4 Å². The first kappa shape index (κ1) is 45.5. The van der Waals surface area contributed by atoms with Crippen LogP contribution in [0.15, 0.2) is 0 Å². The van der Waals surface area contributed by atoms with Gasteiger partial charge in [-0.15, -0.1) is 11.8 Å². The Morgan fingerprint density at radius 1 is 0.467 bits per heavy atom. The molecule has 0 aliphatic carbocycles. The molecule has 0 aromatic rings. The smallest absolute Gasteiger partial charge is 0.384 e. The number of hydrogen-bond acceptors (Lipinski definition) is 9. The van der Waals surface area contributed by atoms with Crippen LogP contribution in [0.5, 0.6) is 0 Å². The molecule has 45 heavy (non-hydrogen) atoms. The van der Waals surface area contributed by atoms with E-state index in [0.29, 0.717) is 12.3 Å². The molecule has 2 unspecified atom stereocenters. The van der Waals surface area contributed by atoms with Crippen molar-refractivity contribution in [1.82, 2.24) is 19.6 Å². The topological polar surface area (TPSA) is 49.9 Å². The van der Waals surface area contributed by atoms with Gasteiger partial charge in [-0.05, 0) is 103 Å². The molecule has 0 spiro atoms. The van der Waals surface area contributed by atoms with E-state index in [9.17, 15) is 0 Å². The standard InChI is InChI=1S/C34H76N4O4SSi2/c1-15-33(27-25-29-44(39-11)40-12,31(35(17-3)18-4)36(19-5)20-6)43-34(16-2,28-26-30-45(41-13)42-14)32(37(21-7)22-8)38(23-9)24-10/h31-32H,15-30H2,1-14H3. The third kappa shape index (κ3) is 13.0. The second-order valence-electron chi connectivity index (χ2n) is 11.8. The van der Waals surface area contributed by atoms with Gasteiger partial charge in [-0.3, -0.25) is 19.6 Å². The first-order chi connectivity index (χ1) is 21.6. The van der Waals surface area contributed by atoms with Gasteiger partial charge in [0.15, 0.2) is 0 Å². The highest BCUT2D eigenvalue weighted by atomic mass is 32.2. The SMILES string of the molecule is CCN(CC)C(N(CC)CC)C(CC)(CCC[Si](OC)OC)SC(CC)(CCC[Si](OC)OC)C(N(CC)CC)N(CC)CC. The summed E-state index contributed by atoms with van der Waals surface area (Å²) in [6.07, 6.45) is 7.42. The van der Waals surface area contributed by atoms with Gasteiger partial charge in [0.05, 0.1) is 12.3 Å². The molecule has 0 rings (SSSR count). The van der Waals surface area contributed by atoms with E-state index in [-0.39, 0.29) is 9.49 Å². The largest absolute Gasteiger partial charge is 0.397 e. The molecule has 0 bridgehead atoms. The van der Waals surface area contributed by atoms with Crippen LogP contribution >= 0.6 is 11.8 Å². The molecular weight excluding hydrogens is 617 g/mol. The van der Waals surface area contributed by atoms with Crippen molar-refractivity contribution in [3.8, 4) is 0 Å². The fraction of sp³-hybridized carbons (Fsp3) is 1.00. The number of hydrogen-bond donors (Lipinski definition) is 0. The maximum absolute atomic E-state index is 5.78. The number of thioether (sulfide) groups is 1. The minimum Gasteiger partial charge on any atom is -0.397 e. The second-order valence-corrected chi connectivity index (χ2v) is 17.8. The van der Waals surface area contributed by atoms with E-state index in [0.717, 1.165) is 103 Å². The zero-order valence-corrected chi connectivity index (χ0v) is 35.1. The molecule has 0 aromatic carbocycles. The van der Waals surface area contributed by atoms with Crippen molar-refractivity contribution in [3.05, 3.63) is 0 Å². The quantitative estimate of drug-likeness (QED) is 0.0577. The Morgan fingerprint density at radius 3 is 0.889 bits per heavy atom. The van der Waals surface area contributed by atoms with Crippen LogP contribution in [0.4, 0.5) is 0 Å². The van der Waals surface area contributed by atoms with Gasteiger partial charge in [0.25, 0.3) is 0 Å². The molecule has 0 saturated heterocycles. The molecule has 0 N–H and O–H groups in total. The van der Waals surface area contributed by atoms with E-state index in [2.05, 4.69) is 101 Å². The summed E-state index contributed by atoms with van der Waals surface area (Å²) in [4.78, 5) is 11.0. The maximum Gasteiger partial charge on any atom is 0.384 e. The first-order valence-electron chi connectivity index (χ1n) is 18.2. The predicted octanol–water partition coefficient (Wildman–Crippen LogP) is 7.16. The Balaban J connectivity index is 7.57. The molecule has 2 atom stereocenters. The Morgan fingerprint density at radius 2 is 0.711 bits per heavy atom. The molecule has 0 fully saturated rings. The van der Waals surface area contributed by atoms with E-state index in [1.165, 1.54) is 0 Å². The van der Waals surface area contributed by atoms with Crippen molar-refractivity contribution in [2.75, 3.05) is 80.8 Å². The van der Waals surface area contributed by atoms with Gasteiger partial charge in [0.1, 0.15) is 0 Å². The minimum absolute atomic E-state index is 0.0252. The van der Waals surface area contributed by atoms with Gasteiger partial charge in [-0.2, -0.15) is 0 Å². The van der Waals surface area contributed by atoms with Crippen LogP contribution in [0, 0.1) is 0 Å². The summed E-state index contributed by atoms with van der Waals surface area (Å²) in [5.74, 6) is 0. The molecule has 8 nitrogen and oxygen atoms in total. The molecular formula is C34H76N4O4SSi2. The summed E-state index contributed by atoms with van der Waals surface area (Å²) in [7, 11) is 4.73. The third-order valence-corrected chi connectivity index (χ3v) is 15.6. The Labute approximate surface area is 289 Å². The van der Waals surface area contributed by atoms with E-state index >= 15 is 0 Å². The lowest BCUT2D eigenvalue weighted by Gasteiger charge is -2.57. The Hall–Kier alpha value is 0.464. The molecule has 2 radical (unpaired) electrons. The first-order valence-corrected chi connectivity index (χ1v) is 22.1. The van der Waals surface area contributed by atoms with Crippen molar-refractivity contribution in [2.45, 2.75) is 142 Å². The monoisotopic (exact) mass is 693 g/mol. The lowest BCUT2D eigenvalue weighted by Crippen LogP contribution is -2.65. The van der Waals surface area contributed by atoms with Crippen molar-refractivity contribution < 1.29 is 17.7 Å². The van der Waals surface area contributed by atoms with Gasteiger partial charge in [0, 0.05) is 37.9 Å². The lowest BCUT2D eigenvalue weighted by atomic mass is 9.91. The normalized spacial score (nSPS) is 15.6. The summed E-state index contributed by atoms with van der Waals surface area (Å²) >= 11 is 2.36. The summed E-state index contributed by atoms with van der Waals surface area (Å²) < 4.78 is 23.2. The molecule has 0 heterocycles. The molecule has 0 saturated carbocycles. The summed E-state index contributed by atoms with van der Waals surface area (Å²) in [6, 6.07) is 2.01. The van der Waals surface area contributed by atoms with E-state index < -0.39 is 18.6 Å². The molecule has 0 amide bonds. The van der Waals surface area contributed by atoms with Crippen LogP contribution < -0.4 is 0 Å². The molecule has 11 heteroatoms. The maximum atomic E-state index is 5.78. The highest BCUT2D eigenvalue weighted by Gasteiger charge is 2.52. The zero-order valence-electron chi connectivity index (χ0n) is 32.3. The Kier molecular flexibility index (Phi) is 25.7. The van der Waals surface area contributed by atoms with Gasteiger partial charge in [-0.25, -0.2) is 0 Å². The molecule has 0 aliphatic rings. The van der Waals surface area contributed by atoms with Crippen molar-refractivity contribution in [3.63, 3.8) is 0 Å². The van der Waals surface area contributed by atoms with Gasteiger partial charge < -0.3 is 17.7 Å². The average molecular weight is 693 g/mol. The van der Waals surface area contributed by atoms with Crippen LogP contribution in [-0.2, 0) is 17.7 Å².